The molecule has 2 radical (unpaired) electrons. The fraction of sp³-hybridized carbons (Fsp3) is 0.800. The number of unbranched alkanes of at least 4 members (excludes halogenated alkanes) is 2. The zero-order valence-electron chi connectivity index (χ0n) is 8.72. The van der Waals surface area contributed by atoms with Gasteiger partial charge in [-0.3, -0.25) is 0 Å². The van der Waals surface area contributed by atoms with E-state index >= 15 is 0 Å². The summed E-state index contributed by atoms with van der Waals surface area (Å²) in [4.78, 5) is 0. The summed E-state index contributed by atoms with van der Waals surface area (Å²) in [6, 6.07) is 0. The highest BCUT2D eigenvalue weighted by Crippen LogP contribution is 2.36. The molecule has 0 unspecified atom stereocenters. The van der Waals surface area contributed by atoms with Crippen LogP contribution in [-0.2, 0) is 0 Å². The van der Waals surface area contributed by atoms with Gasteiger partial charge in [-0.1, -0.05) is 26.2 Å². The Morgan fingerprint density at radius 2 is 1.25 bits per heavy atom. The molecule has 0 nitrogen and oxygen atoms in total. The first-order chi connectivity index (χ1) is 7.14. The molecule has 0 fully saturated rings. The summed E-state index contributed by atoms with van der Waals surface area (Å²) in [6.07, 6.45) is -10.8. The molecule has 0 aromatic heterocycles. The van der Waals surface area contributed by atoms with Gasteiger partial charge in [-0.05, 0) is 12.3 Å². The summed E-state index contributed by atoms with van der Waals surface area (Å²) in [7, 11) is 0. The van der Waals surface area contributed by atoms with Gasteiger partial charge in [-0.2, -0.15) is 26.3 Å². The van der Waals surface area contributed by atoms with Crippen molar-refractivity contribution < 1.29 is 26.3 Å². The molecular formula is C10H14F6. The molecule has 0 heterocycles. The minimum Gasteiger partial charge on any atom is -0.171 e. The molecule has 0 saturated carbocycles. The van der Waals surface area contributed by atoms with E-state index in [0.29, 0.717) is 19.3 Å². The third kappa shape index (κ3) is 10.1. The summed E-state index contributed by atoms with van der Waals surface area (Å²) < 4.78 is 71.9. The van der Waals surface area contributed by atoms with Crippen molar-refractivity contribution >= 4 is 0 Å². The summed E-state index contributed by atoms with van der Waals surface area (Å²) in [5.74, 6) is -0.492. The number of alkyl halides is 6. The van der Waals surface area contributed by atoms with E-state index in [9.17, 15) is 26.3 Å². The SMILES string of the molecule is [CH2]CCCC[C](CC(F)(F)F)CC(F)(F)F. The van der Waals surface area contributed by atoms with Gasteiger partial charge in [0.1, 0.15) is 0 Å². The van der Waals surface area contributed by atoms with Gasteiger partial charge < -0.3 is 0 Å². The molecule has 0 rings (SSSR count). The molecule has 0 atom stereocenters. The second-order valence-electron chi connectivity index (χ2n) is 3.64. The second-order valence-corrected chi connectivity index (χ2v) is 3.64. The van der Waals surface area contributed by atoms with E-state index in [2.05, 4.69) is 6.92 Å². The zero-order chi connectivity index (χ0) is 12.8. The maximum absolute atomic E-state index is 12.0. The lowest BCUT2D eigenvalue weighted by Gasteiger charge is -2.19. The van der Waals surface area contributed by atoms with E-state index in [1.807, 2.05) is 0 Å². The van der Waals surface area contributed by atoms with E-state index in [1.54, 1.807) is 0 Å². The standard InChI is InChI=1S/C10H14F6/c1-2-3-4-5-8(6-9(11,12)13)7-10(14,15)16/h1-7H2. The van der Waals surface area contributed by atoms with Crippen LogP contribution in [0.5, 0.6) is 0 Å². The molecule has 0 amide bonds. The Morgan fingerprint density at radius 3 is 1.56 bits per heavy atom. The minimum atomic E-state index is -4.56. The van der Waals surface area contributed by atoms with Crippen molar-refractivity contribution in [3.05, 3.63) is 12.8 Å². The first-order valence-electron chi connectivity index (χ1n) is 4.90. The van der Waals surface area contributed by atoms with Crippen LogP contribution in [0.2, 0.25) is 0 Å². The Hall–Kier alpha value is -0.420. The van der Waals surface area contributed by atoms with E-state index in [4.69, 9.17) is 0 Å². The summed E-state index contributed by atoms with van der Waals surface area (Å²) in [6.45, 7) is 3.48. The Bertz CT molecular complexity index is 165. The van der Waals surface area contributed by atoms with Crippen LogP contribution in [0.1, 0.15) is 38.5 Å². The Labute approximate surface area is 91.0 Å². The Morgan fingerprint density at radius 1 is 0.812 bits per heavy atom. The predicted molar refractivity (Wildman–Crippen MR) is 48.4 cm³/mol. The van der Waals surface area contributed by atoms with Crippen LogP contribution in [0.4, 0.5) is 26.3 Å². The molecule has 0 aliphatic rings. The Kier molecular flexibility index (Phi) is 6.18. The summed E-state index contributed by atoms with van der Waals surface area (Å²) in [5.41, 5.74) is 0. The fourth-order valence-electron chi connectivity index (χ4n) is 1.36. The van der Waals surface area contributed by atoms with Gasteiger partial charge >= 0.3 is 12.4 Å². The smallest absolute Gasteiger partial charge is 0.171 e. The number of hydrogen-bond acceptors (Lipinski definition) is 0. The van der Waals surface area contributed by atoms with Crippen LogP contribution in [0.15, 0.2) is 0 Å². The molecule has 96 valence electrons. The van der Waals surface area contributed by atoms with E-state index < -0.39 is 31.1 Å². The fourth-order valence-corrected chi connectivity index (χ4v) is 1.36. The van der Waals surface area contributed by atoms with Crippen LogP contribution in [-0.4, -0.2) is 12.4 Å². The topological polar surface area (TPSA) is 0 Å². The maximum atomic E-state index is 12.0. The van der Waals surface area contributed by atoms with Gasteiger partial charge in [0.05, 0.1) is 0 Å². The largest absolute Gasteiger partial charge is 0.389 e. The second kappa shape index (κ2) is 6.35. The highest BCUT2D eigenvalue weighted by molar-refractivity contribution is 4.94. The van der Waals surface area contributed by atoms with E-state index in [-0.39, 0.29) is 6.42 Å². The molecule has 0 saturated heterocycles. The van der Waals surface area contributed by atoms with Crippen LogP contribution in [0, 0.1) is 12.8 Å². The minimum absolute atomic E-state index is 0.130. The number of halogens is 6. The van der Waals surface area contributed by atoms with Crippen LogP contribution in [0.25, 0.3) is 0 Å². The van der Waals surface area contributed by atoms with Crippen molar-refractivity contribution in [2.75, 3.05) is 0 Å². The predicted octanol–water partition coefficient (Wildman–Crippen LogP) is 4.86. The molecule has 16 heavy (non-hydrogen) atoms. The highest BCUT2D eigenvalue weighted by Gasteiger charge is 2.38. The molecule has 6 heteroatoms. The van der Waals surface area contributed by atoms with Crippen molar-refractivity contribution in [2.24, 2.45) is 0 Å². The van der Waals surface area contributed by atoms with Gasteiger partial charge in [-0.25, -0.2) is 0 Å². The van der Waals surface area contributed by atoms with Gasteiger partial charge in [-0.15, -0.1) is 0 Å². The molecule has 0 aliphatic heterocycles. The lowest BCUT2D eigenvalue weighted by molar-refractivity contribution is -0.150. The van der Waals surface area contributed by atoms with Gasteiger partial charge in [0.2, 0.25) is 0 Å². The lowest BCUT2D eigenvalue weighted by atomic mass is 9.94. The monoisotopic (exact) mass is 248 g/mol. The Balaban J connectivity index is 4.17. The number of hydrogen-bond donors (Lipinski definition) is 0. The highest BCUT2D eigenvalue weighted by atomic mass is 19.4. The zero-order valence-corrected chi connectivity index (χ0v) is 8.72. The van der Waals surface area contributed by atoms with Crippen molar-refractivity contribution in [1.29, 1.82) is 0 Å². The van der Waals surface area contributed by atoms with Gasteiger partial charge in [0.25, 0.3) is 0 Å². The normalized spacial score (nSPS) is 13.5. The van der Waals surface area contributed by atoms with Gasteiger partial charge in [0.15, 0.2) is 0 Å². The van der Waals surface area contributed by atoms with Crippen molar-refractivity contribution in [3.8, 4) is 0 Å². The average Bonchev–Trinajstić information content (AvgIpc) is 1.97. The summed E-state index contributed by atoms with van der Waals surface area (Å²) in [5, 5.41) is 0. The molecule has 0 spiro atoms. The van der Waals surface area contributed by atoms with Crippen LogP contribution >= 0.6 is 0 Å². The van der Waals surface area contributed by atoms with E-state index in [0.717, 1.165) is 0 Å². The van der Waals surface area contributed by atoms with Crippen molar-refractivity contribution in [2.45, 2.75) is 50.9 Å². The molecule has 0 aliphatic carbocycles. The molecule has 0 bridgehead atoms. The summed E-state index contributed by atoms with van der Waals surface area (Å²) >= 11 is 0. The molecule has 0 N–H and O–H groups in total. The molecule has 0 aromatic rings. The first kappa shape index (κ1) is 15.6. The van der Waals surface area contributed by atoms with Gasteiger partial charge in [0, 0.05) is 12.8 Å². The lowest BCUT2D eigenvalue weighted by Crippen LogP contribution is -2.20. The van der Waals surface area contributed by atoms with Crippen molar-refractivity contribution in [3.63, 3.8) is 0 Å². The molecule has 0 aromatic carbocycles. The molecular weight excluding hydrogens is 234 g/mol. The first-order valence-corrected chi connectivity index (χ1v) is 4.90. The maximum Gasteiger partial charge on any atom is 0.389 e. The third-order valence-corrected chi connectivity index (χ3v) is 1.93. The number of rotatable bonds is 6. The third-order valence-electron chi connectivity index (χ3n) is 1.93. The van der Waals surface area contributed by atoms with Crippen LogP contribution in [0.3, 0.4) is 0 Å². The average molecular weight is 248 g/mol. The van der Waals surface area contributed by atoms with E-state index in [1.165, 1.54) is 0 Å². The quantitative estimate of drug-likeness (QED) is 0.465. The van der Waals surface area contributed by atoms with Crippen LogP contribution < -0.4 is 0 Å². The van der Waals surface area contributed by atoms with Crippen molar-refractivity contribution in [1.82, 2.24) is 0 Å².